The van der Waals surface area contributed by atoms with Gasteiger partial charge >= 0.3 is 0 Å². The fraction of sp³-hybridized carbons (Fsp3) is 0.0870. The molecule has 30 heavy (non-hydrogen) atoms. The number of rotatable bonds is 3. The maximum Gasteiger partial charge on any atom is 0.257 e. The third kappa shape index (κ3) is 4.03. The number of fused-ring (bicyclic) bond motifs is 1. The summed E-state index contributed by atoms with van der Waals surface area (Å²) in [6.07, 6.45) is 0. The van der Waals surface area contributed by atoms with Gasteiger partial charge in [-0.05, 0) is 67.5 Å². The fourth-order valence-electron chi connectivity index (χ4n) is 3.16. The lowest BCUT2D eigenvalue weighted by molar-refractivity contribution is 0.0977. The lowest BCUT2D eigenvalue weighted by Gasteiger charge is -2.13. The monoisotopic (exact) mass is 433 g/mol. The number of aryl methyl sites for hydroxylation is 2. The molecule has 1 heterocycles. The van der Waals surface area contributed by atoms with Gasteiger partial charge in [0.25, 0.3) is 5.91 Å². The summed E-state index contributed by atoms with van der Waals surface area (Å²) in [5.74, 6) is -0.0954. The molecule has 0 radical (unpaired) electrons. The van der Waals surface area contributed by atoms with Gasteiger partial charge in [0.05, 0.1) is 15.8 Å². The number of anilines is 1. The number of hydrogen-bond donors (Lipinski definition) is 3. The molecule has 0 atom stereocenters. The zero-order chi connectivity index (χ0) is 21.3. The van der Waals surface area contributed by atoms with Crippen LogP contribution in [0.2, 0.25) is 0 Å². The minimum atomic E-state index is -0.271. The number of aromatic nitrogens is 1. The Morgan fingerprint density at radius 3 is 2.53 bits per heavy atom. The average Bonchev–Trinajstić information content (AvgIpc) is 3.14. The van der Waals surface area contributed by atoms with Crippen molar-refractivity contribution in [3.8, 4) is 16.3 Å². The van der Waals surface area contributed by atoms with E-state index in [9.17, 15) is 9.90 Å². The van der Waals surface area contributed by atoms with Crippen molar-refractivity contribution in [3.05, 3.63) is 77.4 Å². The van der Waals surface area contributed by atoms with Crippen LogP contribution in [0.3, 0.4) is 0 Å². The summed E-state index contributed by atoms with van der Waals surface area (Å²) in [5, 5.41) is 17.2. The van der Waals surface area contributed by atoms with Crippen LogP contribution in [-0.2, 0) is 0 Å². The Labute approximate surface area is 183 Å². The first-order chi connectivity index (χ1) is 14.4. The lowest BCUT2D eigenvalue weighted by atomic mass is 10.1. The van der Waals surface area contributed by atoms with Crippen molar-refractivity contribution in [2.75, 3.05) is 5.32 Å². The Bertz CT molecular complexity index is 1250. The smallest absolute Gasteiger partial charge is 0.257 e. The number of thiocarbonyl (C=S) groups is 1. The Kier molecular flexibility index (Phi) is 5.48. The highest BCUT2D eigenvalue weighted by Crippen LogP contribution is 2.38. The lowest BCUT2D eigenvalue weighted by Crippen LogP contribution is -2.34. The van der Waals surface area contributed by atoms with E-state index in [0.29, 0.717) is 22.4 Å². The molecule has 0 fully saturated rings. The zero-order valence-corrected chi connectivity index (χ0v) is 18.0. The van der Waals surface area contributed by atoms with Gasteiger partial charge in [-0.2, -0.15) is 0 Å². The van der Waals surface area contributed by atoms with Gasteiger partial charge in [-0.3, -0.25) is 10.1 Å². The summed E-state index contributed by atoms with van der Waals surface area (Å²) in [6, 6.07) is 18.7. The molecule has 1 amide bonds. The fourth-order valence-corrected chi connectivity index (χ4v) is 4.36. The molecule has 0 aliphatic carbocycles. The molecule has 0 aliphatic rings. The second-order valence-corrected chi connectivity index (χ2v) is 8.34. The Balaban J connectivity index is 1.58. The molecular weight excluding hydrogens is 414 g/mol. The summed E-state index contributed by atoms with van der Waals surface area (Å²) >= 11 is 6.83. The first kappa shape index (κ1) is 20.0. The molecule has 7 heteroatoms. The van der Waals surface area contributed by atoms with E-state index in [1.165, 1.54) is 11.3 Å². The third-order valence-corrected chi connectivity index (χ3v) is 5.97. The number of nitrogens with zero attached hydrogens (tertiary/aromatic N) is 1. The highest BCUT2D eigenvalue weighted by Gasteiger charge is 2.15. The van der Waals surface area contributed by atoms with Gasteiger partial charge in [0.1, 0.15) is 10.8 Å². The number of hydrogen-bond acceptors (Lipinski definition) is 5. The van der Waals surface area contributed by atoms with Crippen molar-refractivity contribution >= 4 is 50.5 Å². The predicted molar refractivity (Wildman–Crippen MR) is 126 cm³/mol. The Hall–Kier alpha value is -3.29. The van der Waals surface area contributed by atoms with Crippen LogP contribution in [0, 0.1) is 13.8 Å². The van der Waals surface area contributed by atoms with Crippen molar-refractivity contribution < 1.29 is 9.90 Å². The van der Waals surface area contributed by atoms with Crippen molar-refractivity contribution in [3.63, 3.8) is 0 Å². The van der Waals surface area contributed by atoms with Crippen LogP contribution in [-0.4, -0.2) is 21.1 Å². The van der Waals surface area contributed by atoms with Gasteiger partial charge in [0, 0.05) is 11.3 Å². The number of carbonyl (C=O) groups excluding carboxylic acids is 1. The molecule has 1 aromatic heterocycles. The van der Waals surface area contributed by atoms with E-state index in [-0.39, 0.29) is 16.8 Å². The van der Waals surface area contributed by atoms with Crippen LogP contribution in [0.5, 0.6) is 5.75 Å². The van der Waals surface area contributed by atoms with Gasteiger partial charge < -0.3 is 10.4 Å². The topological polar surface area (TPSA) is 74.2 Å². The molecule has 150 valence electrons. The highest BCUT2D eigenvalue weighted by atomic mass is 32.1. The molecule has 0 unspecified atom stereocenters. The number of phenolic OH excluding ortho intramolecular Hbond substituents is 1. The summed E-state index contributed by atoms with van der Waals surface area (Å²) in [7, 11) is 0. The molecule has 4 aromatic rings. The van der Waals surface area contributed by atoms with Crippen LogP contribution in [0.15, 0.2) is 60.7 Å². The van der Waals surface area contributed by atoms with Crippen LogP contribution in [0.4, 0.5) is 5.69 Å². The second kappa shape index (κ2) is 8.22. The van der Waals surface area contributed by atoms with Crippen LogP contribution in [0.25, 0.3) is 20.8 Å². The zero-order valence-electron chi connectivity index (χ0n) is 16.4. The molecule has 3 aromatic carbocycles. The van der Waals surface area contributed by atoms with E-state index >= 15 is 0 Å². The van der Waals surface area contributed by atoms with Gasteiger partial charge in [0.15, 0.2) is 5.11 Å². The van der Waals surface area contributed by atoms with E-state index in [1.54, 1.807) is 18.2 Å². The van der Waals surface area contributed by atoms with Crippen molar-refractivity contribution in [2.45, 2.75) is 13.8 Å². The maximum atomic E-state index is 12.5. The number of aromatic hydroxyl groups is 1. The number of nitrogens with one attached hydrogen (secondary N) is 2. The minimum absolute atomic E-state index is 0.175. The van der Waals surface area contributed by atoms with E-state index in [4.69, 9.17) is 12.2 Å². The van der Waals surface area contributed by atoms with E-state index in [0.717, 1.165) is 20.8 Å². The molecule has 5 nitrogen and oxygen atoms in total. The summed E-state index contributed by atoms with van der Waals surface area (Å²) in [6.45, 7) is 3.69. The standard InChI is InChI=1S/C23H19N3O2S2/c1-13-7-3-4-8-16(13)21(28)26-23(29)24-15-11-14(2)20(27)17(12-15)22-25-18-9-5-6-10-19(18)30-22/h3-12,27H,1-2H3,(H2,24,26,28,29). The number of amides is 1. The number of benzene rings is 3. The van der Waals surface area contributed by atoms with Crippen molar-refractivity contribution in [1.29, 1.82) is 0 Å². The van der Waals surface area contributed by atoms with Gasteiger partial charge in [-0.25, -0.2) is 4.98 Å². The second-order valence-electron chi connectivity index (χ2n) is 6.90. The van der Waals surface area contributed by atoms with Crippen LogP contribution >= 0.6 is 23.6 Å². The Morgan fingerprint density at radius 2 is 1.77 bits per heavy atom. The summed E-state index contributed by atoms with van der Waals surface area (Å²) < 4.78 is 1.05. The quantitative estimate of drug-likeness (QED) is 0.297. The largest absolute Gasteiger partial charge is 0.507 e. The third-order valence-electron chi connectivity index (χ3n) is 4.70. The van der Waals surface area contributed by atoms with Gasteiger partial charge in [-0.1, -0.05) is 30.3 Å². The molecule has 0 bridgehead atoms. The SMILES string of the molecule is Cc1ccccc1C(=O)NC(=S)Nc1cc(C)c(O)c(-c2nc3ccccc3s2)c1. The molecule has 0 aliphatic heterocycles. The first-order valence-electron chi connectivity index (χ1n) is 9.30. The van der Waals surface area contributed by atoms with Gasteiger partial charge in [-0.15, -0.1) is 11.3 Å². The number of para-hydroxylation sites is 1. The molecule has 4 rings (SSSR count). The number of thiazole rings is 1. The summed E-state index contributed by atoms with van der Waals surface area (Å²) in [4.78, 5) is 17.1. The van der Waals surface area contributed by atoms with Crippen LogP contribution < -0.4 is 10.6 Å². The van der Waals surface area contributed by atoms with E-state index < -0.39 is 0 Å². The van der Waals surface area contributed by atoms with Crippen LogP contribution in [0.1, 0.15) is 21.5 Å². The minimum Gasteiger partial charge on any atom is -0.507 e. The average molecular weight is 434 g/mol. The van der Waals surface area contributed by atoms with E-state index in [1.807, 2.05) is 56.3 Å². The van der Waals surface area contributed by atoms with Crippen molar-refractivity contribution in [1.82, 2.24) is 10.3 Å². The first-order valence-corrected chi connectivity index (χ1v) is 10.5. The van der Waals surface area contributed by atoms with Gasteiger partial charge in [0.2, 0.25) is 0 Å². The normalized spacial score (nSPS) is 10.7. The molecule has 0 saturated heterocycles. The highest BCUT2D eigenvalue weighted by molar-refractivity contribution is 7.80. The van der Waals surface area contributed by atoms with Crippen molar-refractivity contribution in [2.24, 2.45) is 0 Å². The number of carbonyl (C=O) groups is 1. The van der Waals surface area contributed by atoms with E-state index in [2.05, 4.69) is 15.6 Å². The number of phenols is 1. The molecule has 0 spiro atoms. The molecule has 3 N–H and O–H groups in total. The molecular formula is C23H19N3O2S2. The Morgan fingerprint density at radius 1 is 1.03 bits per heavy atom. The summed E-state index contributed by atoms with van der Waals surface area (Å²) in [5.41, 5.74) is 4.28. The molecule has 0 saturated carbocycles. The maximum absolute atomic E-state index is 12.5. The predicted octanol–water partition coefficient (Wildman–Crippen LogP) is 5.41.